The number of aromatic nitrogens is 1. The number of hydrogen-bond donors (Lipinski definition) is 2. The molecule has 0 radical (unpaired) electrons. The van der Waals surface area contributed by atoms with E-state index in [0.717, 1.165) is 49.7 Å². The number of piperidine rings is 1. The summed E-state index contributed by atoms with van der Waals surface area (Å²) in [7, 11) is 0. The number of oxazole rings is 1. The first-order valence-corrected chi connectivity index (χ1v) is 11.6. The van der Waals surface area contributed by atoms with E-state index < -0.39 is 0 Å². The molecule has 2 N–H and O–H groups in total. The number of hydrogen-bond acceptors (Lipinski definition) is 4. The van der Waals surface area contributed by atoms with E-state index in [9.17, 15) is 0 Å². The summed E-state index contributed by atoms with van der Waals surface area (Å²) in [4.78, 5) is 11.9. The maximum Gasteiger partial charge on any atom is 0.226 e. The Bertz CT molecular complexity index is 978. The van der Waals surface area contributed by atoms with E-state index in [0.29, 0.717) is 24.5 Å². The van der Waals surface area contributed by atoms with Crippen LogP contribution in [0, 0.1) is 0 Å². The highest BCUT2D eigenvalue weighted by Gasteiger charge is 2.24. The maximum atomic E-state index is 5.64. The van der Waals surface area contributed by atoms with Crippen molar-refractivity contribution in [2.24, 2.45) is 4.99 Å². The Morgan fingerprint density at radius 3 is 2.47 bits per heavy atom. The molecular weight excluding hydrogens is 398 g/mol. The largest absolute Gasteiger partial charge is 0.444 e. The molecule has 1 saturated heterocycles. The van der Waals surface area contributed by atoms with Crippen LogP contribution in [0.2, 0.25) is 0 Å². The molecule has 168 valence electrons. The summed E-state index contributed by atoms with van der Waals surface area (Å²) in [5, 5.41) is 6.98. The molecular formula is C26H33N5O. The fourth-order valence-corrected chi connectivity index (χ4v) is 4.14. The van der Waals surface area contributed by atoms with E-state index in [-0.39, 0.29) is 0 Å². The Kier molecular flexibility index (Phi) is 7.56. The number of nitrogens with zero attached hydrogens (tertiary/aromatic N) is 3. The monoisotopic (exact) mass is 431 g/mol. The summed E-state index contributed by atoms with van der Waals surface area (Å²) in [6, 6.07) is 21.6. The van der Waals surface area contributed by atoms with Gasteiger partial charge in [-0.15, -0.1) is 0 Å². The number of rotatable bonds is 7. The summed E-state index contributed by atoms with van der Waals surface area (Å²) >= 11 is 0. The Balaban J connectivity index is 1.31. The predicted molar refractivity (Wildman–Crippen MR) is 129 cm³/mol. The zero-order chi connectivity index (χ0) is 22.2. The van der Waals surface area contributed by atoms with Crippen LogP contribution in [0.5, 0.6) is 0 Å². The number of aliphatic imine (C=N–C) groups is 1. The van der Waals surface area contributed by atoms with E-state index in [1.54, 1.807) is 6.26 Å². The molecule has 6 nitrogen and oxygen atoms in total. The molecule has 32 heavy (non-hydrogen) atoms. The third-order valence-corrected chi connectivity index (χ3v) is 6.02. The van der Waals surface area contributed by atoms with Gasteiger partial charge in [-0.25, -0.2) is 9.98 Å². The first-order chi connectivity index (χ1) is 15.7. The Labute approximate surface area is 190 Å². The van der Waals surface area contributed by atoms with Gasteiger partial charge in [0.05, 0.1) is 6.54 Å². The number of nitrogens with one attached hydrogen (secondary N) is 2. The fourth-order valence-electron chi connectivity index (χ4n) is 4.14. The summed E-state index contributed by atoms with van der Waals surface area (Å²) in [6.45, 7) is 7.86. The second-order valence-electron chi connectivity index (χ2n) is 8.25. The van der Waals surface area contributed by atoms with E-state index in [1.165, 1.54) is 5.56 Å². The van der Waals surface area contributed by atoms with Crippen molar-refractivity contribution in [3.05, 3.63) is 78.2 Å². The summed E-state index contributed by atoms with van der Waals surface area (Å²) < 4.78 is 5.64. The lowest BCUT2D eigenvalue weighted by Crippen LogP contribution is -2.49. The molecule has 1 fully saturated rings. The van der Waals surface area contributed by atoms with Crippen molar-refractivity contribution in [1.29, 1.82) is 0 Å². The number of guanidine groups is 1. The van der Waals surface area contributed by atoms with Crippen molar-refractivity contribution in [3.8, 4) is 11.5 Å². The molecule has 0 spiro atoms. The molecule has 1 atom stereocenters. The summed E-state index contributed by atoms with van der Waals surface area (Å²) in [5.74, 6) is 1.47. The van der Waals surface area contributed by atoms with E-state index in [1.807, 2.05) is 30.3 Å². The van der Waals surface area contributed by atoms with Crippen molar-refractivity contribution in [2.45, 2.75) is 45.3 Å². The van der Waals surface area contributed by atoms with Gasteiger partial charge in [-0.3, -0.25) is 4.90 Å². The lowest BCUT2D eigenvalue weighted by molar-refractivity contribution is 0.158. The molecule has 1 aromatic heterocycles. The maximum absolute atomic E-state index is 5.64. The molecule has 1 aliphatic heterocycles. The lowest BCUT2D eigenvalue weighted by Gasteiger charge is -2.37. The zero-order valence-electron chi connectivity index (χ0n) is 19.0. The highest BCUT2D eigenvalue weighted by Crippen LogP contribution is 2.24. The average molecular weight is 432 g/mol. The highest BCUT2D eigenvalue weighted by atomic mass is 16.3. The summed E-state index contributed by atoms with van der Waals surface area (Å²) in [6.07, 6.45) is 3.90. The van der Waals surface area contributed by atoms with Gasteiger partial charge in [-0.1, -0.05) is 48.5 Å². The minimum Gasteiger partial charge on any atom is -0.444 e. The van der Waals surface area contributed by atoms with Crippen LogP contribution < -0.4 is 10.6 Å². The Hall–Kier alpha value is -3.12. The van der Waals surface area contributed by atoms with E-state index >= 15 is 0 Å². The van der Waals surface area contributed by atoms with Crippen molar-refractivity contribution < 1.29 is 4.42 Å². The van der Waals surface area contributed by atoms with Crippen molar-refractivity contribution in [3.63, 3.8) is 0 Å². The third-order valence-electron chi connectivity index (χ3n) is 6.02. The fraction of sp³-hybridized carbons (Fsp3) is 0.385. The van der Waals surface area contributed by atoms with Crippen LogP contribution in [0.3, 0.4) is 0 Å². The first kappa shape index (κ1) is 22.1. The van der Waals surface area contributed by atoms with Gasteiger partial charge in [0.25, 0.3) is 0 Å². The third kappa shape index (κ3) is 5.77. The molecule has 1 aliphatic rings. The van der Waals surface area contributed by atoms with Gasteiger partial charge in [0.2, 0.25) is 5.89 Å². The summed E-state index contributed by atoms with van der Waals surface area (Å²) in [5.41, 5.74) is 3.19. The van der Waals surface area contributed by atoms with E-state index in [4.69, 9.17) is 9.41 Å². The van der Waals surface area contributed by atoms with Crippen LogP contribution in [-0.2, 0) is 6.54 Å². The molecule has 0 aliphatic carbocycles. The SMILES string of the molecule is CCNC(=NCc1coc(-c2ccccc2)n1)NC1CCN(C(C)c2ccccc2)CC1. The Morgan fingerprint density at radius 1 is 1.09 bits per heavy atom. The molecule has 6 heteroatoms. The normalized spacial score (nSPS) is 16.6. The molecule has 0 saturated carbocycles. The molecule has 4 rings (SSSR count). The quantitative estimate of drug-likeness (QED) is 0.422. The predicted octanol–water partition coefficient (Wildman–Crippen LogP) is 4.62. The van der Waals surface area contributed by atoms with Gasteiger partial charge in [-0.2, -0.15) is 0 Å². The van der Waals surface area contributed by atoms with Crippen LogP contribution in [0.15, 0.2) is 76.3 Å². The molecule has 3 aromatic rings. The van der Waals surface area contributed by atoms with Gasteiger partial charge in [0.1, 0.15) is 12.0 Å². The van der Waals surface area contributed by atoms with Crippen LogP contribution in [0.4, 0.5) is 0 Å². The van der Waals surface area contributed by atoms with Gasteiger partial charge in [0, 0.05) is 37.3 Å². The lowest BCUT2D eigenvalue weighted by atomic mass is 10.0. The highest BCUT2D eigenvalue weighted by molar-refractivity contribution is 5.80. The molecule has 2 aromatic carbocycles. The van der Waals surface area contributed by atoms with Crippen LogP contribution in [0.1, 0.15) is 44.0 Å². The zero-order valence-corrected chi connectivity index (χ0v) is 19.0. The Morgan fingerprint density at radius 2 is 1.78 bits per heavy atom. The van der Waals surface area contributed by atoms with Gasteiger partial charge in [0.15, 0.2) is 5.96 Å². The second kappa shape index (κ2) is 11.0. The van der Waals surface area contributed by atoms with E-state index in [2.05, 4.69) is 64.7 Å². The molecule has 0 amide bonds. The molecule has 2 heterocycles. The molecule has 1 unspecified atom stereocenters. The average Bonchev–Trinajstić information content (AvgIpc) is 3.33. The van der Waals surface area contributed by atoms with Crippen LogP contribution in [-0.4, -0.2) is 41.5 Å². The van der Waals surface area contributed by atoms with Crippen molar-refractivity contribution in [1.82, 2.24) is 20.5 Å². The smallest absolute Gasteiger partial charge is 0.226 e. The van der Waals surface area contributed by atoms with Crippen LogP contribution in [0.25, 0.3) is 11.5 Å². The van der Waals surface area contributed by atoms with Gasteiger partial charge in [-0.05, 0) is 44.4 Å². The first-order valence-electron chi connectivity index (χ1n) is 11.6. The molecule has 0 bridgehead atoms. The van der Waals surface area contributed by atoms with Crippen molar-refractivity contribution >= 4 is 5.96 Å². The van der Waals surface area contributed by atoms with Gasteiger partial charge < -0.3 is 15.1 Å². The number of likely N-dealkylation sites (tertiary alicyclic amines) is 1. The van der Waals surface area contributed by atoms with Crippen LogP contribution >= 0.6 is 0 Å². The standard InChI is InChI=1S/C26H33N5O/c1-3-27-26(28-18-24-19-32-25(29-24)22-12-8-5-9-13-22)30-23-14-16-31(17-15-23)20(2)21-10-6-4-7-11-21/h4-13,19-20,23H,3,14-18H2,1-2H3,(H2,27,28,30). The van der Waals surface area contributed by atoms with Gasteiger partial charge >= 0.3 is 0 Å². The second-order valence-corrected chi connectivity index (χ2v) is 8.25. The topological polar surface area (TPSA) is 65.7 Å². The minimum absolute atomic E-state index is 0.421. The minimum atomic E-state index is 0.421. The number of benzene rings is 2. The van der Waals surface area contributed by atoms with Crippen molar-refractivity contribution in [2.75, 3.05) is 19.6 Å².